The highest BCUT2D eigenvalue weighted by Gasteiger charge is 2.27. The zero-order chi connectivity index (χ0) is 15.2. The maximum Gasteiger partial charge on any atom is 0.410 e. The molecule has 5 nitrogen and oxygen atoms in total. The molecule has 1 fully saturated rings. The minimum atomic E-state index is -0.427. The molecule has 0 bridgehead atoms. The van der Waals surface area contributed by atoms with Crippen LogP contribution in [0.1, 0.15) is 47.0 Å². The molecule has 0 spiro atoms. The van der Waals surface area contributed by atoms with Crippen LogP contribution in [0.2, 0.25) is 0 Å². The van der Waals surface area contributed by atoms with Crippen molar-refractivity contribution < 1.29 is 14.3 Å². The van der Waals surface area contributed by atoms with Gasteiger partial charge in [-0.25, -0.2) is 4.79 Å². The lowest BCUT2D eigenvalue weighted by molar-refractivity contribution is 0.0182. The number of carbonyl (C=O) groups excluding carboxylic acids is 1. The normalized spacial score (nSPS) is 21.6. The van der Waals surface area contributed by atoms with Gasteiger partial charge in [-0.3, -0.25) is 0 Å². The average Bonchev–Trinajstić information content (AvgIpc) is 2.34. The molecule has 2 atom stereocenters. The highest BCUT2D eigenvalue weighted by atomic mass is 16.6. The first-order chi connectivity index (χ1) is 9.31. The minimum absolute atomic E-state index is 0.200. The number of nitrogens with zero attached hydrogens (tertiary/aromatic N) is 1. The van der Waals surface area contributed by atoms with Gasteiger partial charge in [-0.1, -0.05) is 0 Å². The van der Waals surface area contributed by atoms with Gasteiger partial charge in [0.2, 0.25) is 0 Å². The van der Waals surface area contributed by atoms with Gasteiger partial charge in [0.25, 0.3) is 0 Å². The van der Waals surface area contributed by atoms with E-state index in [1.165, 1.54) is 0 Å². The molecule has 0 radical (unpaired) electrons. The molecule has 1 aliphatic heterocycles. The maximum absolute atomic E-state index is 12.1. The summed E-state index contributed by atoms with van der Waals surface area (Å²) >= 11 is 0. The fourth-order valence-corrected chi connectivity index (χ4v) is 2.39. The van der Waals surface area contributed by atoms with E-state index in [1.807, 2.05) is 25.7 Å². The Morgan fingerprint density at radius 3 is 2.75 bits per heavy atom. The monoisotopic (exact) mass is 286 g/mol. The maximum atomic E-state index is 12.1. The highest BCUT2D eigenvalue weighted by molar-refractivity contribution is 5.68. The zero-order valence-corrected chi connectivity index (χ0v) is 13.6. The number of methoxy groups -OCH3 is 1. The molecule has 0 aromatic heterocycles. The van der Waals surface area contributed by atoms with Crippen LogP contribution in [0.4, 0.5) is 4.79 Å². The summed E-state index contributed by atoms with van der Waals surface area (Å²) in [7, 11) is 1.72. The van der Waals surface area contributed by atoms with Crippen molar-refractivity contribution in [2.24, 2.45) is 0 Å². The molecule has 0 aromatic rings. The Morgan fingerprint density at radius 2 is 2.15 bits per heavy atom. The summed E-state index contributed by atoms with van der Waals surface area (Å²) in [6.07, 6.45) is 2.91. The van der Waals surface area contributed by atoms with Crippen LogP contribution in [0.5, 0.6) is 0 Å². The molecule has 5 heteroatoms. The fourth-order valence-electron chi connectivity index (χ4n) is 2.39. The van der Waals surface area contributed by atoms with E-state index < -0.39 is 5.60 Å². The topological polar surface area (TPSA) is 50.8 Å². The van der Waals surface area contributed by atoms with Crippen molar-refractivity contribution >= 4 is 6.09 Å². The van der Waals surface area contributed by atoms with Crippen LogP contribution >= 0.6 is 0 Å². The summed E-state index contributed by atoms with van der Waals surface area (Å²) in [6.45, 7) is 10.1. The number of likely N-dealkylation sites (tertiary alicyclic amines) is 1. The van der Waals surface area contributed by atoms with Crippen LogP contribution in [0.15, 0.2) is 0 Å². The lowest BCUT2D eigenvalue weighted by Gasteiger charge is -2.35. The van der Waals surface area contributed by atoms with Crippen LogP contribution in [0.3, 0.4) is 0 Å². The molecule has 1 rings (SSSR count). The fraction of sp³-hybridized carbons (Fsp3) is 0.933. The average molecular weight is 286 g/mol. The van der Waals surface area contributed by atoms with Gasteiger partial charge in [-0.15, -0.1) is 0 Å². The standard InChI is InChI=1S/C15H30N2O3/c1-12(8-10-19-5)16-13-7-6-9-17(11-13)14(18)20-15(2,3)4/h12-13,16H,6-11H2,1-5H3. The third-order valence-electron chi connectivity index (χ3n) is 3.35. The van der Waals surface area contributed by atoms with Gasteiger partial charge in [0.1, 0.15) is 5.60 Å². The molecular weight excluding hydrogens is 256 g/mol. The zero-order valence-electron chi connectivity index (χ0n) is 13.6. The Hall–Kier alpha value is -0.810. The van der Waals surface area contributed by atoms with Gasteiger partial charge in [0, 0.05) is 38.9 Å². The van der Waals surface area contributed by atoms with Crippen molar-refractivity contribution in [3.05, 3.63) is 0 Å². The van der Waals surface area contributed by atoms with E-state index in [-0.39, 0.29) is 6.09 Å². The molecular formula is C15H30N2O3. The second-order valence-corrected chi connectivity index (χ2v) is 6.61. The smallest absolute Gasteiger partial charge is 0.410 e. The Balaban J connectivity index is 2.40. The third kappa shape index (κ3) is 6.57. The van der Waals surface area contributed by atoms with Crippen molar-refractivity contribution in [3.63, 3.8) is 0 Å². The SMILES string of the molecule is COCCC(C)NC1CCCN(C(=O)OC(C)(C)C)C1. The Labute approximate surface area is 123 Å². The molecule has 1 saturated heterocycles. The number of piperidine rings is 1. The first-order valence-electron chi connectivity index (χ1n) is 7.54. The van der Waals surface area contributed by atoms with Crippen LogP contribution < -0.4 is 5.32 Å². The van der Waals surface area contributed by atoms with Gasteiger partial charge in [0.05, 0.1) is 0 Å². The summed E-state index contributed by atoms with van der Waals surface area (Å²) in [4.78, 5) is 13.9. The number of carbonyl (C=O) groups is 1. The molecule has 118 valence electrons. The van der Waals surface area contributed by atoms with Crippen LogP contribution in [-0.2, 0) is 9.47 Å². The van der Waals surface area contributed by atoms with E-state index in [0.717, 1.165) is 39.0 Å². The molecule has 0 saturated carbocycles. The molecule has 1 aliphatic rings. The molecule has 1 N–H and O–H groups in total. The molecule has 1 heterocycles. The predicted molar refractivity (Wildman–Crippen MR) is 79.9 cm³/mol. The van der Waals surface area contributed by atoms with Crippen LogP contribution in [0.25, 0.3) is 0 Å². The van der Waals surface area contributed by atoms with Gasteiger partial charge in [-0.2, -0.15) is 0 Å². The number of rotatable bonds is 5. The second-order valence-electron chi connectivity index (χ2n) is 6.61. The number of hydrogen-bond donors (Lipinski definition) is 1. The van der Waals surface area contributed by atoms with Crippen molar-refractivity contribution in [1.29, 1.82) is 0 Å². The van der Waals surface area contributed by atoms with Crippen LogP contribution in [0, 0.1) is 0 Å². The van der Waals surface area contributed by atoms with Crippen molar-refractivity contribution in [3.8, 4) is 0 Å². The van der Waals surface area contributed by atoms with E-state index >= 15 is 0 Å². The van der Waals surface area contributed by atoms with Gasteiger partial charge in [-0.05, 0) is 47.0 Å². The number of nitrogens with one attached hydrogen (secondary N) is 1. The number of amides is 1. The molecule has 1 amide bonds. The Bertz CT molecular complexity index is 302. The van der Waals surface area contributed by atoms with Crippen molar-refractivity contribution in [1.82, 2.24) is 10.2 Å². The minimum Gasteiger partial charge on any atom is -0.444 e. The molecule has 20 heavy (non-hydrogen) atoms. The largest absolute Gasteiger partial charge is 0.444 e. The lowest BCUT2D eigenvalue weighted by Crippen LogP contribution is -2.51. The van der Waals surface area contributed by atoms with Crippen molar-refractivity contribution in [2.45, 2.75) is 64.6 Å². The lowest BCUT2D eigenvalue weighted by atomic mass is 10.0. The molecule has 2 unspecified atom stereocenters. The summed E-state index contributed by atoms with van der Waals surface area (Å²) in [5.41, 5.74) is -0.427. The highest BCUT2D eigenvalue weighted by Crippen LogP contribution is 2.16. The van der Waals surface area contributed by atoms with Gasteiger partial charge in [0.15, 0.2) is 0 Å². The van der Waals surface area contributed by atoms with E-state index in [0.29, 0.717) is 12.1 Å². The third-order valence-corrected chi connectivity index (χ3v) is 3.35. The number of ether oxygens (including phenoxy) is 2. The second kappa shape index (κ2) is 7.84. The summed E-state index contributed by atoms with van der Waals surface area (Å²) in [5, 5.41) is 3.57. The van der Waals surface area contributed by atoms with Crippen molar-refractivity contribution in [2.75, 3.05) is 26.8 Å². The number of hydrogen-bond acceptors (Lipinski definition) is 4. The quantitative estimate of drug-likeness (QED) is 0.843. The van der Waals surface area contributed by atoms with Crippen LogP contribution in [-0.4, -0.2) is 55.5 Å². The molecule has 0 aliphatic carbocycles. The van der Waals surface area contributed by atoms with E-state index in [1.54, 1.807) is 7.11 Å². The molecule has 0 aromatic carbocycles. The first kappa shape index (κ1) is 17.2. The summed E-state index contributed by atoms with van der Waals surface area (Å²) in [5.74, 6) is 0. The van der Waals surface area contributed by atoms with Gasteiger partial charge >= 0.3 is 6.09 Å². The Morgan fingerprint density at radius 1 is 1.45 bits per heavy atom. The summed E-state index contributed by atoms with van der Waals surface area (Å²) in [6, 6.07) is 0.752. The predicted octanol–water partition coefficient (Wildman–Crippen LogP) is 2.40. The first-order valence-corrected chi connectivity index (χ1v) is 7.54. The van der Waals surface area contributed by atoms with E-state index in [4.69, 9.17) is 9.47 Å². The van der Waals surface area contributed by atoms with Gasteiger partial charge < -0.3 is 19.7 Å². The van der Waals surface area contributed by atoms with E-state index in [2.05, 4.69) is 12.2 Å². The summed E-state index contributed by atoms with van der Waals surface area (Å²) < 4.78 is 10.5. The van der Waals surface area contributed by atoms with E-state index in [9.17, 15) is 4.79 Å². The Kier molecular flexibility index (Phi) is 6.76.